The molecule has 2 aromatic rings. The van der Waals surface area contributed by atoms with Crippen LogP contribution in [0.1, 0.15) is 36.0 Å². The molecule has 19 heavy (non-hydrogen) atoms. The Morgan fingerprint density at radius 2 is 1.53 bits per heavy atom. The molecule has 0 radical (unpaired) electrons. The second kappa shape index (κ2) is 5.40. The van der Waals surface area contributed by atoms with Gasteiger partial charge in [0.1, 0.15) is 0 Å². The van der Waals surface area contributed by atoms with Gasteiger partial charge in [0, 0.05) is 12.0 Å². The van der Waals surface area contributed by atoms with Crippen molar-refractivity contribution in [2.24, 2.45) is 5.92 Å². The Labute approximate surface area is 114 Å². The van der Waals surface area contributed by atoms with Crippen molar-refractivity contribution in [3.8, 4) is 11.1 Å². The number of carbonyl (C=O) groups is 1. The van der Waals surface area contributed by atoms with Gasteiger partial charge >= 0.3 is 0 Å². The summed E-state index contributed by atoms with van der Waals surface area (Å²) in [5, 5.41) is 0. The molecule has 0 aromatic heterocycles. The molecule has 0 atom stereocenters. The molecule has 1 aliphatic rings. The molecule has 0 saturated heterocycles. The summed E-state index contributed by atoms with van der Waals surface area (Å²) in [5.74, 6) is 0.936. The zero-order valence-corrected chi connectivity index (χ0v) is 11.0. The zero-order chi connectivity index (χ0) is 13.1. The molecule has 0 unspecified atom stereocenters. The minimum Gasteiger partial charge on any atom is -0.294 e. The van der Waals surface area contributed by atoms with Crippen LogP contribution in [0.15, 0.2) is 54.6 Å². The van der Waals surface area contributed by atoms with Crippen LogP contribution in [0.3, 0.4) is 0 Å². The standard InChI is InChI=1S/C18H18O/c19-18(13-14-5-4-6-14)17-11-9-16(10-12-17)15-7-2-1-3-8-15/h1-3,7-12,14H,4-6,13H2. The third-order valence-corrected chi connectivity index (χ3v) is 4.01. The van der Waals surface area contributed by atoms with Crippen molar-refractivity contribution in [1.29, 1.82) is 0 Å². The summed E-state index contributed by atoms with van der Waals surface area (Å²) in [6, 6.07) is 18.3. The Morgan fingerprint density at radius 3 is 2.11 bits per heavy atom. The molecule has 0 heterocycles. The minimum absolute atomic E-state index is 0.296. The number of hydrogen-bond donors (Lipinski definition) is 0. The maximum absolute atomic E-state index is 12.1. The van der Waals surface area contributed by atoms with E-state index in [4.69, 9.17) is 0 Å². The van der Waals surface area contributed by atoms with Crippen LogP contribution in [0.2, 0.25) is 0 Å². The van der Waals surface area contributed by atoms with Crippen molar-refractivity contribution >= 4 is 5.78 Å². The largest absolute Gasteiger partial charge is 0.294 e. The first-order valence-electron chi connectivity index (χ1n) is 7.01. The van der Waals surface area contributed by atoms with Crippen LogP contribution in [0.5, 0.6) is 0 Å². The fraction of sp³-hybridized carbons (Fsp3) is 0.278. The van der Waals surface area contributed by atoms with Crippen molar-refractivity contribution in [1.82, 2.24) is 0 Å². The smallest absolute Gasteiger partial charge is 0.163 e. The Balaban J connectivity index is 1.73. The molecule has 96 valence electrons. The van der Waals surface area contributed by atoms with Gasteiger partial charge in [0.15, 0.2) is 5.78 Å². The Kier molecular flexibility index (Phi) is 3.45. The zero-order valence-electron chi connectivity index (χ0n) is 11.0. The highest BCUT2D eigenvalue weighted by Crippen LogP contribution is 2.30. The van der Waals surface area contributed by atoms with Crippen molar-refractivity contribution in [3.63, 3.8) is 0 Å². The third-order valence-electron chi connectivity index (χ3n) is 4.01. The molecule has 1 fully saturated rings. The van der Waals surface area contributed by atoms with Crippen LogP contribution >= 0.6 is 0 Å². The van der Waals surface area contributed by atoms with Crippen LogP contribution in [0.25, 0.3) is 11.1 Å². The van der Waals surface area contributed by atoms with E-state index in [-0.39, 0.29) is 0 Å². The number of ketones is 1. The molecule has 1 nitrogen and oxygen atoms in total. The first-order valence-corrected chi connectivity index (χ1v) is 7.01. The van der Waals surface area contributed by atoms with Gasteiger partial charge in [-0.1, -0.05) is 73.9 Å². The summed E-state index contributed by atoms with van der Waals surface area (Å²) in [5.41, 5.74) is 3.22. The molecule has 0 aliphatic heterocycles. The first kappa shape index (κ1) is 12.2. The topological polar surface area (TPSA) is 17.1 Å². The number of carbonyl (C=O) groups excluding carboxylic acids is 1. The van der Waals surface area contributed by atoms with Crippen LogP contribution in [0.4, 0.5) is 0 Å². The van der Waals surface area contributed by atoms with E-state index in [1.807, 2.05) is 42.5 Å². The van der Waals surface area contributed by atoms with Gasteiger partial charge in [0.05, 0.1) is 0 Å². The van der Waals surface area contributed by atoms with Crippen LogP contribution in [-0.4, -0.2) is 5.78 Å². The molecule has 0 bridgehead atoms. The second-order valence-electron chi connectivity index (χ2n) is 5.37. The predicted molar refractivity (Wildman–Crippen MR) is 78.2 cm³/mol. The van der Waals surface area contributed by atoms with Crippen molar-refractivity contribution in [2.75, 3.05) is 0 Å². The lowest BCUT2D eigenvalue weighted by Crippen LogP contribution is -2.15. The van der Waals surface area contributed by atoms with E-state index in [0.29, 0.717) is 11.7 Å². The quantitative estimate of drug-likeness (QED) is 0.717. The molecule has 0 amide bonds. The predicted octanol–water partition coefficient (Wildman–Crippen LogP) is 4.73. The lowest BCUT2D eigenvalue weighted by molar-refractivity contribution is 0.0936. The maximum atomic E-state index is 12.1. The fourth-order valence-electron chi connectivity index (χ4n) is 2.56. The van der Waals surface area contributed by atoms with Crippen LogP contribution in [-0.2, 0) is 0 Å². The molecule has 3 rings (SSSR count). The van der Waals surface area contributed by atoms with Gasteiger partial charge in [0.2, 0.25) is 0 Å². The van der Waals surface area contributed by atoms with E-state index >= 15 is 0 Å². The Bertz CT molecular complexity index is 550. The average molecular weight is 250 g/mol. The average Bonchev–Trinajstić information content (AvgIpc) is 2.44. The van der Waals surface area contributed by atoms with E-state index in [1.165, 1.54) is 30.4 Å². The summed E-state index contributed by atoms with van der Waals surface area (Å²) in [7, 11) is 0. The highest BCUT2D eigenvalue weighted by molar-refractivity contribution is 5.96. The lowest BCUT2D eigenvalue weighted by Gasteiger charge is -2.24. The number of rotatable bonds is 4. The molecule has 1 saturated carbocycles. The summed E-state index contributed by atoms with van der Waals surface area (Å²) in [6.45, 7) is 0. The number of benzene rings is 2. The monoisotopic (exact) mass is 250 g/mol. The van der Waals surface area contributed by atoms with E-state index in [2.05, 4.69) is 12.1 Å². The van der Waals surface area contributed by atoms with Crippen LogP contribution in [0, 0.1) is 5.92 Å². The molecule has 2 aromatic carbocycles. The van der Waals surface area contributed by atoms with Gasteiger partial charge in [-0.25, -0.2) is 0 Å². The van der Waals surface area contributed by atoms with E-state index in [9.17, 15) is 4.79 Å². The first-order chi connectivity index (χ1) is 9.33. The molecule has 0 spiro atoms. The molecule has 1 aliphatic carbocycles. The summed E-state index contributed by atoms with van der Waals surface area (Å²) < 4.78 is 0. The Morgan fingerprint density at radius 1 is 0.895 bits per heavy atom. The molecule has 0 N–H and O–H groups in total. The molecule has 1 heteroatoms. The summed E-state index contributed by atoms with van der Waals surface area (Å²) in [4.78, 5) is 12.1. The highest BCUT2D eigenvalue weighted by Gasteiger charge is 2.21. The Hall–Kier alpha value is -1.89. The minimum atomic E-state index is 0.296. The summed E-state index contributed by atoms with van der Waals surface area (Å²) in [6.07, 6.45) is 4.48. The number of hydrogen-bond acceptors (Lipinski definition) is 1. The van der Waals surface area contributed by atoms with E-state index < -0.39 is 0 Å². The van der Waals surface area contributed by atoms with Gasteiger partial charge in [0.25, 0.3) is 0 Å². The molecular formula is C18H18O. The van der Waals surface area contributed by atoms with Gasteiger partial charge < -0.3 is 0 Å². The third kappa shape index (κ3) is 2.76. The van der Waals surface area contributed by atoms with Gasteiger partial charge in [-0.05, 0) is 17.0 Å². The van der Waals surface area contributed by atoms with Crippen LogP contribution < -0.4 is 0 Å². The normalized spacial score (nSPS) is 14.9. The van der Waals surface area contributed by atoms with Gasteiger partial charge in [-0.2, -0.15) is 0 Å². The van der Waals surface area contributed by atoms with Crippen molar-refractivity contribution < 1.29 is 4.79 Å². The van der Waals surface area contributed by atoms with Gasteiger partial charge in [-0.3, -0.25) is 4.79 Å². The summed E-state index contributed by atoms with van der Waals surface area (Å²) >= 11 is 0. The number of Topliss-reactive ketones (excluding diaryl/α,β-unsaturated/α-hetero) is 1. The van der Waals surface area contributed by atoms with E-state index in [0.717, 1.165) is 12.0 Å². The van der Waals surface area contributed by atoms with Gasteiger partial charge in [-0.15, -0.1) is 0 Å². The fourth-order valence-corrected chi connectivity index (χ4v) is 2.56. The lowest BCUT2D eigenvalue weighted by atomic mass is 9.81. The maximum Gasteiger partial charge on any atom is 0.163 e. The van der Waals surface area contributed by atoms with Crippen molar-refractivity contribution in [3.05, 3.63) is 60.2 Å². The second-order valence-corrected chi connectivity index (χ2v) is 5.37. The SMILES string of the molecule is O=C(CC1CCC1)c1ccc(-c2ccccc2)cc1. The van der Waals surface area contributed by atoms with Crippen molar-refractivity contribution in [2.45, 2.75) is 25.7 Å². The molecular weight excluding hydrogens is 232 g/mol. The highest BCUT2D eigenvalue weighted by atomic mass is 16.1. The van der Waals surface area contributed by atoms with E-state index in [1.54, 1.807) is 0 Å².